The van der Waals surface area contributed by atoms with Crippen LogP contribution in [-0.2, 0) is 24.7 Å². The minimum absolute atomic E-state index is 0.139. The number of pyridine rings is 1. The van der Waals surface area contributed by atoms with Crippen LogP contribution < -0.4 is 4.74 Å². The summed E-state index contributed by atoms with van der Waals surface area (Å²) in [5, 5.41) is 11.3. The number of hydrogen-bond donors (Lipinski definition) is 0. The van der Waals surface area contributed by atoms with E-state index in [1.807, 2.05) is 19.9 Å². The Hall–Kier alpha value is -3.64. The van der Waals surface area contributed by atoms with Crippen molar-refractivity contribution in [3.63, 3.8) is 0 Å². The number of methoxy groups -OCH3 is 1. The van der Waals surface area contributed by atoms with Gasteiger partial charge in [0.25, 0.3) is 0 Å². The summed E-state index contributed by atoms with van der Waals surface area (Å²) in [6.45, 7) is 8.66. The molecule has 4 rings (SSSR count). The molecule has 3 nitrogen and oxygen atoms in total. The second-order valence-electron chi connectivity index (χ2n) is 10.7. The Morgan fingerprint density at radius 2 is 1.46 bits per heavy atom. The Kier molecular flexibility index (Phi) is 6.94. The van der Waals surface area contributed by atoms with Gasteiger partial charge in [-0.05, 0) is 72.9 Å². The van der Waals surface area contributed by atoms with Crippen LogP contribution in [0.1, 0.15) is 48.6 Å². The van der Waals surface area contributed by atoms with Crippen LogP contribution in [0.2, 0.25) is 0 Å². The van der Waals surface area contributed by atoms with Gasteiger partial charge in [-0.3, -0.25) is 0 Å². The number of ether oxygens (including phenoxy) is 1. The van der Waals surface area contributed by atoms with E-state index in [4.69, 9.17) is 4.74 Å². The maximum Gasteiger partial charge on any atom is 0.216 e. The van der Waals surface area contributed by atoms with Crippen molar-refractivity contribution in [3.05, 3.63) is 107 Å². The lowest BCUT2D eigenvalue weighted by atomic mass is 9.77. The monoisotopic (exact) mass is 462 g/mol. The van der Waals surface area contributed by atoms with Crippen molar-refractivity contribution in [2.24, 2.45) is 5.41 Å². The minimum atomic E-state index is -0.661. The normalized spacial score (nSPS) is 13.3. The van der Waals surface area contributed by atoms with Gasteiger partial charge < -0.3 is 4.74 Å². The number of benzene rings is 3. The van der Waals surface area contributed by atoms with Crippen molar-refractivity contribution in [1.29, 1.82) is 5.26 Å². The highest BCUT2D eigenvalue weighted by Crippen LogP contribution is 2.32. The molecule has 1 atom stereocenters. The van der Waals surface area contributed by atoms with E-state index in [1.54, 1.807) is 7.11 Å². The molecule has 4 aromatic rings. The number of rotatable bonds is 8. The van der Waals surface area contributed by atoms with Crippen LogP contribution in [0, 0.1) is 23.7 Å². The number of fused-ring (bicyclic) bond motifs is 1. The van der Waals surface area contributed by atoms with Gasteiger partial charge in [0.15, 0.2) is 0 Å². The molecule has 3 heteroatoms. The van der Waals surface area contributed by atoms with Crippen molar-refractivity contribution in [3.8, 4) is 11.9 Å². The summed E-state index contributed by atoms with van der Waals surface area (Å²) in [6.07, 6.45) is 2.66. The maximum atomic E-state index is 10.2. The van der Waals surface area contributed by atoms with Crippen LogP contribution in [0.25, 0.3) is 10.9 Å². The first-order chi connectivity index (χ1) is 16.7. The zero-order valence-electron chi connectivity index (χ0n) is 21.4. The zero-order chi connectivity index (χ0) is 25.1. The molecule has 0 saturated heterocycles. The number of hydrogen-bond acceptors (Lipinski definition) is 3. The van der Waals surface area contributed by atoms with E-state index in [0.717, 1.165) is 34.9 Å². The molecule has 0 bridgehead atoms. The molecule has 1 aromatic heterocycles. The molecule has 3 aromatic carbocycles. The lowest BCUT2D eigenvalue weighted by Gasteiger charge is -2.26. The van der Waals surface area contributed by atoms with Gasteiger partial charge in [-0.1, -0.05) is 80.6 Å². The molecule has 0 aliphatic rings. The predicted octanol–water partition coefficient (Wildman–Crippen LogP) is 7.39. The molecular formula is C32H34N2O. The van der Waals surface area contributed by atoms with Crippen molar-refractivity contribution >= 4 is 10.9 Å². The van der Waals surface area contributed by atoms with Gasteiger partial charge in [-0.25, -0.2) is 4.98 Å². The van der Waals surface area contributed by atoms with E-state index < -0.39 is 5.41 Å². The smallest absolute Gasteiger partial charge is 0.216 e. The van der Waals surface area contributed by atoms with Crippen LogP contribution in [0.4, 0.5) is 0 Å². The largest absolute Gasteiger partial charge is 0.481 e. The standard InChI is InChI=1S/C32H34N2O/c1-23-16-27-14-15-28(18-29(27)34-30(23)35-5)32(4,22-33)21-26-13-9-12-25(17-26)20-31(2,3)19-24-10-7-6-8-11-24/h6-18H,19-21H2,1-5H3. The summed E-state index contributed by atoms with van der Waals surface area (Å²) in [5.74, 6) is 0.624. The molecule has 0 saturated carbocycles. The van der Waals surface area contributed by atoms with E-state index in [2.05, 4.69) is 97.7 Å². The lowest BCUT2D eigenvalue weighted by molar-refractivity contribution is 0.361. The maximum absolute atomic E-state index is 10.2. The number of nitrogens with zero attached hydrogens (tertiary/aromatic N) is 2. The first-order valence-corrected chi connectivity index (χ1v) is 12.2. The second-order valence-corrected chi connectivity index (χ2v) is 10.7. The fourth-order valence-corrected chi connectivity index (χ4v) is 5.03. The number of nitriles is 1. The molecule has 0 spiro atoms. The molecule has 0 fully saturated rings. The highest BCUT2D eigenvalue weighted by Gasteiger charge is 2.28. The summed E-state index contributed by atoms with van der Waals surface area (Å²) in [5.41, 5.74) is 6.15. The first-order valence-electron chi connectivity index (χ1n) is 12.2. The second kappa shape index (κ2) is 9.92. The number of aryl methyl sites for hydroxylation is 1. The summed E-state index contributed by atoms with van der Waals surface area (Å²) in [7, 11) is 1.64. The highest BCUT2D eigenvalue weighted by molar-refractivity contribution is 5.81. The molecule has 0 aliphatic carbocycles. The summed E-state index contributed by atoms with van der Waals surface area (Å²) >= 11 is 0. The average Bonchev–Trinajstić information content (AvgIpc) is 2.83. The van der Waals surface area contributed by atoms with Gasteiger partial charge in [0, 0.05) is 10.9 Å². The molecule has 0 N–H and O–H groups in total. The van der Waals surface area contributed by atoms with Gasteiger partial charge in [0.2, 0.25) is 5.88 Å². The molecule has 0 amide bonds. The average molecular weight is 463 g/mol. The van der Waals surface area contributed by atoms with Crippen LogP contribution in [0.3, 0.4) is 0 Å². The van der Waals surface area contributed by atoms with E-state index in [-0.39, 0.29) is 5.41 Å². The minimum Gasteiger partial charge on any atom is -0.481 e. The molecular weight excluding hydrogens is 428 g/mol. The van der Waals surface area contributed by atoms with Crippen molar-refractivity contribution < 1.29 is 4.74 Å². The molecule has 1 heterocycles. The van der Waals surface area contributed by atoms with Gasteiger partial charge in [0.05, 0.1) is 24.1 Å². The Bertz CT molecular complexity index is 1370. The molecule has 1 unspecified atom stereocenters. The van der Waals surface area contributed by atoms with Crippen LogP contribution in [0.15, 0.2) is 78.9 Å². The first kappa shape index (κ1) is 24.5. The van der Waals surface area contributed by atoms with Gasteiger partial charge in [-0.2, -0.15) is 5.26 Å². The molecule has 0 radical (unpaired) electrons. The quantitative estimate of drug-likeness (QED) is 0.274. The molecule has 178 valence electrons. The third-order valence-electron chi connectivity index (χ3n) is 6.80. The van der Waals surface area contributed by atoms with Gasteiger partial charge in [0.1, 0.15) is 0 Å². The summed E-state index contributed by atoms with van der Waals surface area (Å²) in [6, 6.07) is 30.2. The van der Waals surface area contributed by atoms with E-state index in [1.165, 1.54) is 16.7 Å². The zero-order valence-corrected chi connectivity index (χ0v) is 21.4. The number of aromatic nitrogens is 1. The molecule has 0 aliphatic heterocycles. The predicted molar refractivity (Wildman–Crippen MR) is 144 cm³/mol. The Morgan fingerprint density at radius 3 is 2.14 bits per heavy atom. The van der Waals surface area contributed by atoms with Gasteiger partial charge in [-0.15, -0.1) is 0 Å². The third-order valence-corrected chi connectivity index (χ3v) is 6.80. The summed E-state index contributed by atoms with van der Waals surface area (Å²) < 4.78 is 5.41. The topological polar surface area (TPSA) is 45.9 Å². The van der Waals surface area contributed by atoms with E-state index in [0.29, 0.717) is 12.3 Å². The highest BCUT2D eigenvalue weighted by atomic mass is 16.5. The van der Waals surface area contributed by atoms with E-state index in [9.17, 15) is 5.26 Å². The Balaban J connectivity index is 1.57. The SMILES string of the molecule is COc1nc2cc(C(C)(C#N)Cc3cccc(CC(C)(C)Cc4ccccc4)c3)ccc2cc1C. The van der Waals surface area contributed by atoms with Crippen molar-refractivity contribution in [2.75, 3.05) is 7.11 Å². The fraction of sp³-hybridized carbons (Fsp3) is 0.312. The van der Waals surface area contributed by atoms with Crippen LogP contribution in [0.5, 0.6) is 5.88 Å². The fourth-order valence-electron chi connectivity index (χ4n) is 5.03. The Labute approximate surface area is 209 Å². The summed E-state index contributed by atoms with van der Waals surface area (Å²) in [4.78, 5) is 4.67. The van der Waals surface area contributed by atoms with E-state index >= 15 is 0 Å². The van der Waals surface area contributed by atoms with Crippen LogP contribution in [-0.4, -0.2) is 12.1 Å². The van der Waals surface area contributed by atoms with Crippen molar-refractivity contribution in [2.45, 2.75) is 52.4 Å². The molecule has 35 heavy (non-hydrogen) atoms. The van der Waals surface area contributed by atoms with Gasteiger partial charge >= 0.3 is 0 Å². The lowest BCUT2D eigenvalue weighted by Crippen LogP contribution is -2.23. The van der Waals surface area contributed by atoms with Crippen molar-refractivity contribution in [1.82, 2.24) is 4.98 Å². The Morgan fingerprint density at radius 1 is 0.800 bits per heavy atom. The van der Waals surface area contributed by atoms with Crippen LogP contribution >= 0.6 is 0 Å². The third kappa shape index (κ3) is 5.72.